The number of amides is 1. The lowest BCUT2D eigenvalue weighted by atomic mass is 10.2. The summed E-state index contributed by atoms with van der Waals surface area (Å²) in [6.45, 7) is 2.88. The minimum Gasteiger partial charge on any atom is -0.484 e. The van der Waals surface area contributed by atoms with E-state index in [-0.39, 0.29) is 35.5 Å². The molecule has 0 atom stereocenters. The molecule has 6 nitrogen and oxygen atoms in total. The molecule has 1 heterocycles. The molecule has 0 saturated carbocycles. The standard InChI is InChI=1S/C19H20Cl2N2O4S/c1-14-3-2-4-15(11-14)27-13-19(24)22-7-9-23(10-8-22)28(25,26)16-5-6-17(20)18(21)12-16/h2-6,11-12H,7-10,13H2,1H3. The summed E-state index contributed by atoms with van der Waals surface area (Å²) in [5.41, 5.74) is 1.05. The van der Waals surface area contributed by atoms with Gasteiger partial charge < -0.3 is 9.64 Å². The molecule has 1 aliphatic heterocycles. The maximum Gasteiger partial charge on any atom is 0.260 e. The van der Waals surface area contributed by atoms with E-state index in [0.29, 0.717) is 23.9 Å². The Labute approximate surface area is 174 Å². The van der Waals surface area contributed by atoms with E-state index >= 15 is 0 Å². The largest absolute Gasteiger partial charge is 0.484 e. The summed E-state index contributed by atoms with van der Waals surface area (Å²) in [4.78, 5) is 14.1. The van der Waals surface area contributed by atoms with Crippen molar-refractivity contribution in [3.63, 3.8) is 0 Å². The predicted octanol–water partition coefficient (Wildman–Crippen LogP) is 3.21. The van der Waals surface area contributed by atoms with E-state index in [1.807, 2.05) is 25.1 Å². The summed E-state index contributed by atoms with van der Waals surface area (Å²) in [5, 5.41) is 0.481. The lowest BCUT2D eigenvalue weighted by Gasteiger charge is -2.34. The minimum atomic E-state index is -3.69. The van der Waals surface area contributed by atoms with Crippen LogP contribution in [0.25, 0.3) is 0 Å². The minimum absolute atomic E-state index is 0.0804. The number of benzene rings is 2. The van der Waals surface area contributed by atoms with E-state index in [1.165, 1.54) is 22.5 Å². The van der Waals surface area contributed by atoms with Gasteiger partial charge in [-0.3, -0.25) is 4.79 Å². The van der Waals surface area contributed by atoms with E-state index in [1.54, 1.807) is 11.0 Å². The van der Waals surface area contributed by atoms with Gasteiger partial charge in [0.25, 0.3) is 5.91 Å². The van der Waals surface area contributed by atoms with Crippen LogP contribution in [0, 0.1) is 6.92 Å². The first-order valence-electron chi connectivity index (χ1n) is 8.70. The van der Waals surface area contributed by atoms with Crippen LogP contribution in [0.3, 0.4) is 0 Å². The van der Waals surface area contributed by atoms with Gasteiger partial charge in [0.15, 0.2) is 6.61 Å². The smallest absolute Gasteiger partial charge is 0.260 e. The number of carbonyl (C=O) groups is 1. The summed E-state index contributed by atoms with van der Waals surface area (Å²) in [6, 6.07) is 11.7. The monoisotopic (exact) mass is 442 g/mol. The molecule has 9 heteroatoms. The molecule has 1 fully saturated rings. The molecule has 2 aromatic carbocycles. The first-order chi connectivity index (χ1) is 13.3. The molecule has 28 heavy (non-hydrogen) atoms. The van der Waals surface area contributed by atoms with Crippen LogP contribution >= 0.6 is 23.2 Å². The van der Waals surface area contributed by atoms with E-state index in [4.69, 9.17) is 27.9 Å². The quantitative estimate of drug-likeness (QED) is 0.712. The van der Waals surface area contributed by atoms with E-state index < -0.39 is 10.0 Å². The summed E-state index contributed by atoms with van der Waals surface area (Å²) in [7, 11) is -3.69. The Balaban J connectivity index is 1.57. The highest BCUT2D eigenvalue weighted by atomic mass is 35.5. The molecule has 0 unspecified atom stereocenters. The Hall–Kier alpha value is -1.80. The van der Waals surface area contributed by atoms with E-state index in [2.05, 4.69) is 0 Å². The normalized spacial score (nSPS) is 15.5. The molecule has 0 aromatic heterocycles. The van der Waals surface area contributed by atoms with Crippen LogP contribution in [0.4, 0.5) is 0 Å². The molecule has 0 aliphatic carbocycles. The number of sulfonamides is 1. The van der Waals surface area contributed by atoms with Crippen LogP contribution in [0.5, 0.6) is 5.75 Å². The van der Waals surface area contributed by atoms with Gasteiger partial charge in [-0.15, -0.1) is 0 Å². The van der Waals surface area contributed by atoms with Crippen molar-refractivity contribution in [1.82, 2.24) is 9.21 Å². The van der Waals surface area contributed by atoms with Crippen molar-refractivity contribution in [3.05, 3.63) is 58.1 Å². The van der Waals surface area contributed by atoms with Crippen LogP contribution in [-0.4, -0.2) is 56.3 Å². The van der Waals surface area contributed by atoms with Gasteiger partial charge in [0.05, 0.1) is 14.9 Å². The first kappa shape index (κ1) is 20.9. The van der Waals surface area contributed by atoms with Crippen molar-refractivity contribution >= 4 is 39.1 Å². The van der Waals surface area contributed by atoms with Gasteiger partial charge in [-0.25, -0.2) is 8.42 Å². The van der Waals surface area contributed by atoms with E-state index in [0.717, 1.165) is 5.56 Å². The van der Waals surface area contributed by atoms with Gasteiger partial charge in [-0.05, 0) is 42.8 Å². The summed E-state index contributed by atoms with van der Waals surface area (Å²) >= 11 is 11.8. The zero-order valence-electron chi connectivity index (χ0n) is 15.3. The number of aryl methyl sites for hydroxylation is 1. The number of rotatable bonds is 5. The molecule has 1 amide bonds. The maximum atomic E-state index is 12.8. The molecule has 0 radical (unpaired) electrons. The van der Waals surface area contributed by atoms with Gasteiger partial charge in [-0.1, -0.05) is 35.3 Å². The Kier molecular flexibility index (Phi) is 6.50. The van der Waals surface area contributed by atoms with Crippen molar-refractivity contribution in [1.29, 1.82) is 0 Å². The fourth-order valence-corrected chi connectivity index (χ4v) is 4.72. The van der Waals surface area contributed by atoms with Crippen molar-refractivity contribution in [2.75, 3.05) is 32.8 Å². The van der Waals surface area contributed by atoms with Crippen LogP contribution in [0.2, 0.25) is 10.0 Å². The number of carbonyl (C=O) groups excluding carboxylic acids is 1. The van der Waals surface area contributed by atoms with Crippen LogP contribution in [0.15, 0.2) is 47.4 Å². The predicted molar refractivity (Wildman–Crippen MR) is 108 cm³/mol. The number of hydrogen-bond donors (Lipinski definition) is 0. The summed E-state index contributed by atoms with van der Waals surface area (Å²) < 4.78 is 32.4. The number of piperazine rings is 1. The van der Waals surface area contributed by atoms with Gasteiger partial charge in [0, 0.05) is 26.2 Å². The summed E-state index contributed by atoms with van der Waals surface area (Å²) in [6.07, 6.45) is 0. The van der Waals surface area contributed by atoms with Crippen LogP contribution < -0.4 is 4.74 Å². The average molecular weight is 443 g/mol. The highest BCUT2D eigenvalue weighted by Gasteiger charge is 2.30. The van der Waals surface area contributed by atoms with Crippen molar-refractivity contribution in [3.8, 4) is 5.75 Å². The Morgan fingerprint density at radius 3 is 2.39 bits per heavy atom. The Morgan fingerprint density at radius 1 is 1.04 bits per heavy atom. The first-order valence-corrected chi connectivity index (χ1v) is 10.9. The van der Waals surface area contributed by atoms with Crippen molar-refractivity contribution < 1.29 is 17.9 Å². The zero-order valence-corrected chi connectivity index (χ0v) is 17.6. The lowest BCUT2D eigenvalue weighted by molar-refractivity contribution is -0.134. The molecule has 0 spiro atoms. The molecule has 0 bridgehead atoms. The second kappa shape index (κ2) is 8.69. The number of nitrogens with zero attached hydrogens (tertiary/aromatic N) is 2. The third-order valence-corrected chi connectivity index (χ3v) is 7.11. The van der Waals surface area contributed by atoms with Gasteiger partial charge in [-0.2, -0.15) is 4.31 Å². The molecule has 2 aromatic rings. The zero-order chi connectivity index (χ0) is 20.3. The van der Waals surface area contributed by atoms with Gasteiger partial charge in [0.2, 0.25) is 10.0 Å². The van der Waals surface area contributed by atoms with Crippen LogP contribution in [-0.2, 0) is 14.8 Å². The lowest BCUT2D eigenvalue weighted by Crippen LogP contribution is -2.51. The molecule has 3 rings (SSSR count). The highest BCUT2D eigenvalue weighted by molar-refractivity contribution is 7.89. The molecule has 150 valence electrons. The molecular weight excluding hydrogens is 423 g/mol. The SMILES string of the molecule is Cc1cccc(OCC(=O)N2CCN(S(=O)(=O)c3ccc(Cl)c(Cl)c3)CC2)c1. The number of halogens is 2. The molecular formula is C19H20Cl2N2O4S. The molecule has 0 N–H and O–H groups in total. The third kappa shape index (κ3) is 4.78. The number of hydrogen-bond acceptors (Lipinski definition) is 4. The summed E-state index contributed by atoms with van der Waals surface area (Å²) in [5.74, 6) is 0.460. The Morgan fingerprint density at radius 2 is 1.75 bits per heavy atom. The topological polar surface area (TPSA) is 66.9 Å². The van der Waals surface area contributed by atoms with Crippen molar-refractivity contribution in [2.45, 2.75) is 11.8 Å². The second-order valence-electron chi connectivity index (χ2n) is 6.47. The molecule has 1 aliphatic rings. The van der Waals surface area contributed by atoms with Crippen LogP contribution in [0.1, 0.15) is 5.56 Å². The average Bonchev–Trinajstić information content (AvgIpc) is 2.68. The fourth-order valence-electron chi connectivity index (χ4n) is 2.91. The van der Waals surface area contributed by atoms with Crippen molar-refractivity contribution in [2.24, 2.45) is 0 Å². The third-order valence-electron chi connectivity index (χ3n) is 4.47. The maximum absolute atomic E-state index is 12.8. The highest BCUT2D eigenvalue weighted by Crippen LogP contribution is 2.27. The van der Waals surface area contributed by atoms with E-state index in [9.17, 15) is 13.2 Å². The fraction of sp³-hybridized carbons (Fsp3) is 0.316. The number of ether oxygens (including phenoxy) is 1. The second-order valence-corrected chi connectivity index (χ2v) is 9.22. The molecule has 1 saturated heterocycles. The van der Waals surface area contributed by atoms with Gasteiger partial charge >= 0.3 is 0 Å². The Bertz CT molecular complexity index is 974. The van der Waals surface area contributed by atoms with Gasteiger partial charge in [0.1, 0.15) is 5.75 Å².